The second-order valence-corrected chi connectivity index (χ2v) is 9.32. The molecule has 1 fully saturated rings. The van der Waals surface area contributed by atoms with Crippen molar-refractivity contribution in [1.82, 2.24) is 4.90 Å². The molecule has 1 aliphatic heterocycles. The van der Waals surface area contributed by atoms with Crippen molar-refractivity contribution in [2.24, 2.45) is 0 Å². The van der Waals surface area contributed by atoms with E-state index >= 15 is 0 Å². The van der Waals surface area contributed by atoms with Gasteiger partial charge in [-0.3, -0.25) is 9.10 Å². The van der Waals surface area contributed by atoms with Crippen molar-refractivity contribution < 1.29 is 13.2 Å². The van der Waals surface area contributed by atoms with E-state index in [4.69, 9.17) is 0 Å². The van der Waals surface area contributed by atoms with Gasteiger partial charge in [-0.15, -0.1) is 0 Å². The Labute approximate surface area is 168 Å². The third-order valence-corrected chi connectivity index (χ3v) is 6.92. The fourth-order valence-electron chi connectivity index (χ4n) is 3.48. The zero-order valence-corrected chi connectivity index (χ0v) is 17.4. The summed E-state index contributed by atoms with van der Waals surface area (Å²) in [6, 6.07) is 14.0. The van der Waals surface area contributed by atoms with Crippen molar-refractivity contribution in [1.29, 1.82) is 0 Å². The van der Waals surface area contributed by atoms with Crippen LogP contribution in [0, 0.1) is 13.8 Å². The summed E-state index contributed by atoms with van der Waals surface area (Å²) in [7, 11) is -3.84. The van der Waals surface area contributed by atoms with Gasteiger partial charge in [-0.1, -0.05) is 42.7 Å². The molecule has 0 aromatic heterocycles. The van der Waals surface area contributed by atoms with Gasteiger partial charge in [-0.25, -0.2) is 8.42 Å². The molecule has 0 saturated carbocycles. The highest BCUT2D eigenvalue weighted by molar-refractivity contribution is 7.92. The van der Waals surface area contributed by atoms with E-state index in [2.05, 4.69) is 0 Å². The van der Waals surface area contributed by atoms with Crippen LogP contribution in [0.2, 0.25) is 0 Å². The van der Waals surface area contributed by atoms with Crippen LogP contribution in [0.4, 0.5) is 5.69 Å². The Morgan fingerprint density at radius 3 is 2.18 bits per heavy atom. The number of amides is 1. The largest absolute Gasteiger partial charge is 0.341 e. The molecule has 0 spiro atoms. The fraction of sp³-hybridized carbons (Fsp3) is 0.409. The first kappa shape index (κ1) is 20.4. The van der Waals surface area contributed by atoms with Crippen LogP contribution in [0.15, 0.2) is 53.4 Å². The Hall–Kier alpha value is -2.34. The summed E-state index contributed by atoms with van der Waals surface area (Å²) in [6.45, 7) is 5.05. The van der Waals surface area contributed by atoms with E-state index in [9.17, 15) is 13.2 Å². The molecule has 6 heteroatoms. The van der Waals surface area contributed by atoms with Gasteiger partial charge in [-0.05, 0) is 56.5 Å². The van der Waals surface area contributed by atoms with Crippen molar-refractivity contribution in [2.45, 2.75) is 44.4 Å². The predicted molar refractivity (Wildman–Crippen MR) is 112 cm³/mol. The Morgan fingerprint density at radius 2 is 1.57 bits per heavy atom. The minimum absolute atomic E-state index is 0.140. The van der Waals surface area contributed by atoms with Gasteiger partial charge in [0.1, 0.15) is 6.54 Å². The zero-order chi connectivity index (χ0) is 20.1. The molecule has 150 valence electrons. The van der Waals surface area contributed by atoms with Crippen LogP contribution < -0.4 is 4.31 Å². The smallest absolute Gasteiger partial charge is 0.264 e. The van der Waals surface area contributed by atoms with Crippen LogP contribution >= 0.6 is 0 Å². The molecule has 1 amide bonds. The number of hydrogen-bond donors (Lipinski definition) is 0. The van der Waals surface area contributed by atoms with Crippen LogP contribution in [0.25, 0.3) is 0 Å². The van der Waals surface area contributed by atoms with Gasteiger partial charge in [-0.2, -0.15) is 0 Å². The van der Waals surface area contributed by atoms with Crippen molar-refractivity contribution in [3.05, 3.63) is 59.7 Å². The maximum absolute atomic E-state index is 13.4. The van der Waals surface area contributed by atoms with E-state index in [1.807, 2.05) is 26.0 Å². The molecule has 5 nitrogen and oxygen atoms in total. The number of aryl methyl sites for hydroxylation is 2. The van der Waals surface area contributed by atoms with Crippen LogP contribution in [-0.4, -0.2) is 38.9 Å². The zero-order valence-electron chi connectivity index (χ0n) is 16.6. The number of anilines is 1. The van der Waals surface area contributed by atoms with E-state index in [1.54, 1.807) is 41.3 Å². The van der Waals surface area contributed by atoms with Crippen LogP contribution in [-0.2, 0) is 14.8 Å². The normalized spacial score (nSPS) is 15.1. The number of nitrogens with zero attached hydrogens (tertiary/aromatic N) is 2. The molecule has 0 atom stereocenters. The third kappa shape index (κ3) is 4.73. The maximum Gasteiger partial charge on any atom is 0.264 e. The Morgan fingerprint density at radius 1 is 0.929 bits per heavy atom. The van der Waals surface area contributed by atoms with Crippen molar-refractivity contribution in [2.75, 3.05) is 23.9 Å². The Bertz CT molecular complexity index is 915. The van der Waals surface area contributed by atoms with Crippen LogP contribution in [0.5, 0.6) is 0 Å². The second kappa shape index (κ2) is 8.78. The Balaban J connectivity index is 1.95. The molecular formula is C22H28N2O3S. The predicted octanol–water partition coefficient (Wildman–Crippen LogP) is 3.90. The lowest BCUT2D eigenvalue weighted by Gasteiger charge is -2.28. The standard InChI is InChI=1S/C22H28N2O3S/c1-18-10-12-21(13-11-18)28(26,27)24(20-9-7-8-19(2)16-20)17-22(25)23-14-5-3-4-6-15-23/h7-13,16H,3-6,14-15,17H2,1-2H3. The monoisotopic (exact) mass is 400 g/mol. The summed E-state index contributed by atoms with van der Waals surface area (Å²) < 4.78 is 28.0. The second-order valence-electron chi connectivity index (χ2n) is 7.46. The highest BCUT2D eigenvalue weighted by atomic mass is 32.2. The molecule has 0 aliphatic carbocycles. The first-order chi connectivity index (χ1) is 13.4. The summed E-state index contributed by atoms with van der Waals surface area (Å²) in [5.41, 5.74) is 2.45. The molecule has 2 aromatic rings. The van der Waals surface area contributed by atoms with Crippen molar-refractivity contribution >= 4 is 21.6 Å². The minimum atomic E-state index is -3.84. The average Bonchev–Trinajstić information content (AvgIpc) is 2.95. The number of rotatable bonds is 5. The van der Waals surface area contributed by atoms with E-state index < -0.39 is 10.0 Å². The maximum atomic E-state index is 13.4. The third-order valence-electron chi connectivity index (χ3n) is 5.14. The first-order valence-electron chi connectivity index (χ1n) is 9.82. The SMILES string of the molecule is Cc1ccc(S(=O)(=O)N(CC(=O)N2CCCCCC2)c2cccc(C)c2)cc1. The van der Waals surface area contributed by atoms with Gasteiger partial charge in [0.25, 0.3) is 10.0 Å². The summed E-state index contributed by atoms with van der Waals surface area (Å²) >= 11 is 0. The van der Waals surface area contributed by atoms with Gasteiger partial charge >= 0.3 is 0 Å². The van der Waals surface area contributed by atoms with E-state index in [0.29, 0.717) is 18.8 Å². The molecule has 3 rings (SSSR count). The summed E-state index contributed by atoms with van der Waals surface area (Å²) in [5, 5.41) is 0. The number of benzene rings is 2. The topological polar surface area (TPSA) is 57.7 Å². The van der Waals surface area contributed by atoms with Crippen molar-refractivity contribution in [3.8, 4) is 0 Å². The molecule has 0 bridgehead atoms. The first-order valence-corrected chi connectivity index (χ1v) is 11.3. The summed E-state index contributed by atoms with van der Waals surface area (Å²) in [5.74, 6) is -0.140. The quantitative estimate of drug-likeness (QED) is 0.765. The fourth-order valence-corrected chi connectivity index (χ4v) is 4.88. The van der Waals surface area contributed by atoms with Crippen molar-refractivity contribution in [3.63, 3.8) is 0 Å². The summed E-state index contributed by atoms with van der Waals surface area (Å²) in [4.78, 5) is 15.0. The molecule has 1 aliphatic rings. The molecular weight excluding hydrogens is 372 g/mol. The van der Waals surface area contributed by atoms with E-state index in [1.165, 1.54) is 4.31 Å². The molecule has 0 unspecified atom stereocenters. The average molecular weight is 401 g/mol. The number of sulfonamides is 1. The minimum Gasteiger partial charge on any atom is -0.341 e. The van der Waals surface area contributed by atoms with Gasteiger partial charge in [0.05, 0.1) is 10.6 Å². The number of carbonyl (C=O) groups excluding carboxylic acids is 1. The highest BCUT2D eigenvalue weighted by Gasteiger charge is 2.29. The molecule has 28 heavy (non-hydrogen) atoms. The van der Waals surface area contributed by atoms with Gasteiger partial charge < -0.3 is 4.90 Å². The Kier molecular flexibility index (Phi) is 6.39. The lowest BCUT2D eigenvalue weighted by molar-refractivity contribution is -0.129. The van der Waals surface area contributed by atoms with Crippen LogP contribution in [0.1, 0.15) is 36.8 Å². The van der Waals surface area contributed by atoms with Gasteiger partial charge in [0.15, 0.2) is 0 Å². The molecule has 1 saturated heterocycles. The number of likely N-dealkylation sites (tertiary alicyclic amines) is 1. The number of carbonyl (C=O) groups is 1. The van der Waals surface area contributed by atoms with Crippen LogP contribution in [0.3, 0.4) is 0 Å². The van der Waals surface area contributed by atoms with Gasteiger partial charge in [0, 0.05) is 13.1 Å². The lowest BCUT2D eigenvalue weighted by atomic mass is 10.2. The highest BCUT2D eigenvalue weighted by Crippen LogP contribution is 2.25. The molecule has 0 N–H and O–H groups in total. The lowest BCUT2D eigenvalue weighted by Crippen LogP contribution is -2.43. The van der Waals surface area contributed by atoms with E-state index in [-0.39, 0.29) is 17.3 Å². The van der Waals surface area contributed by atoms with E-state index in [0.717, 1.165) is 36.8 Å². The molecule has 0 radical (unpaired) electrons. The van der Waals surface area contributed by atoms with Gasteiger partial charge in [0.2, 0.25) is 5.91 Å². The molecule has 1 heterocycles. The summed E-state index contributed by atoms with van der Waals surface area (Å²) in [6.07, 6.45) is 4.18. The molecule has 2 aromatic carbocycles. The number of hydrogen-bond acceptors (Lipinski definition) is 3.